The zero-order valence-electron chi connectivity index (χ0n) is 45.7. The zero-order chi connectivity index (χ0) is 55.5. The molecule has 0 radical (unpaired) electrons. The molecule has 2 atom stereocenters. The Balaban J connectivity index is 0.948. The van der Waals surface area contributed by atoms with Crippen molar-refractivity contribution in [2.75, 3.05) is 39.3 Å². The molecule has 408 valence electrons. The Morgan fingerprint density at radius 2 is 1.38 bits per heavy atom. The van der Waals surface area contributed by atoms with Crippen LogP contribution in [0.4, 0.5) is 4.79 Å². The maximum Gasteiger partial charge on any atom is 0.410 e. The molecular weight excluding hydrogens is 991 g/mol. The van der Waals surface area contributed by atoms with Gasteiger partial charge in [-0.25, -0.2) is 9.59 Å². The van der Waals surface area contributed by atoms with E-state index in [0.29, 0.717) is 28.5 Å². The fraction of sp³-hybridized carbons (Fsp3) is 0.393. The first-order valence-electron chi connectivity index (χ1n) is 26.5. The van der Waals surface area contributed by atoms with E-state index in [-0.39, 0.29) is 77.6 Å². The van der Waals surface area contributed by atoms with E-state index in [9.17, 15) is 34.2 Å². The number of likely N-dealkylation sites (tertiary alicyclic amines) is 1. The molecule has 2 heterocycles. The number of carbonyl (C=O) groups excluding carboxylic acids is 4. The predicted octanol–water partition coefficient (Wildman–Crippen LogP) is 9.98. The van der Waals surface area contributed by atoms with Crippen molar-refractivity contribution in [3.05, 3.63) is 183 Å². The maximum atomic E-state index is 14.0. The van der Waals surface area contributed by atoms with Crippen molar-refractivity contribution < 1.29 is 43.3 Å². The summed E-state index contributed by atoms with van der Waals surface area (Å²) in [4.78, 5) is 73.9. The lowest BCUT2D eigenvalue weighted by Crippen LogP contribution is -2.45. The van der Waals surface area contributed by atoms with Crippen molar-refractivity contribution in [2.24, 2.45) is 5.92 Å². The van der Waals surface area contributed by atoms with Crippen molar-refractivity contribution in [3.8, 4) is 5.75 Å². The number of aromatic nitrogens is 1. The number of rotatable bonds is 20. The van der Waals surface area contributed by atoms with E-state index in [0.717, 1.165) is 38.0 Å². The number of aromatic hydroxyl groups is 1. The Morgan fingerprint density at radius 1 is 0.753 bits per heavy atom. The number of hydrogen-bond acceptors (Lipinski definition) is 11. The summed E-state index contributed by atoms with van der Waals surface area (Å²) in [5.74, 6) is -1.47. The molecule has 1 saturated heterocycles. The summed E-state index contributed by atoms with van der Waals surface area (Å²) >= 11 is 0. The van der Waals surface area contributed by atoms with Crippen LogP contribution < -0.4 is 16.2 Å². The molecule has 0 spiro atoms. The number of esters is 1. The number of nitrogens with zero attached hydrogens (tertiary/aromatic N) is 2. The standard InChI is InChI=1S/C61H75N5O10Si/c1-59(2,3)75-58(72)66(40-52(76-77(7,8)60(4,5)6)49-27-29-51(67)54-50(49)28-30-53(68)64-54)39-43-23-25-45(26-24-43)55(69)62-33-16-34-63-56(70)46-19-15-22-48(37-46)61(73,47-20-13-10-14-21-47)57(71)74-41-44-31-35-65(36-32-44)38-42-17-11-9-12-18-42/h9-15,17-30,37,44,52,67,73H,16,31-36,38-41H2,1-8H3,(H,62,69)(H,63,70)(H,64,68). The number of ether oxygens (including phenoxy) is 2. The third-order valence-corrected chi connectivity index (χ3v) is 19.0. The molecule has 7 rings (SSSR count). The van der Waals surface area contributed by atoms with Gasteiger partial charge in [0.2, 0.25) is 11.2 Å². The average Bonchev–Trinajstić information content (AvgIpc) is 3.41. The van der Waals surface area contributed by atoms with Crippen LogP contribution >= 0.6 is 0 Å². The van der Waals surface area contributed by atoms with Crippen LogP contribution in [0.3, 0.4) is 0 Å². The van der Waals surface area contributed by atoms with Crippen molar-refractivity contribution in [1.82, 2.24) is 25.4 Å². The molecule has 77 heavy (non-hydrogen) atoms. The number of benzene rings is 5. The highest BCUT2D eigenvalue weighted by atomic mass is 28.4. The molecule has 16 heteroatoms. The molecule has 2 unspecified atom stereocenters. The number of aliphatic hydroxyl groups is 1. The molecule has 5 aromatic carbocycles. The van der Waals surface area contributed by atoms with Crippen LogP contribution in [0, 0.1) is 5.92 Å². The van der Waals surface area contributed by atoms with Gasteiger partial charge in [0, 0.05) is 54.3 Å². The van der Waals surface area contributed by atoms with E-state index < -0.39 is 43.6 Å². The lowest BCUT2D eigenvalue weighted by atomic mass is 9.85. The first-order chi connectivity index (χ1) is 36.5. The number of fused-ring (bicyclic) bond motifs is 1. The Hall–Kier alpha value is -7.11. The molecule has 1 aliphatic rings. The van der Waals surface area contributed by atoms with E-state index in [2.05, 4.69) is 66.5 Å². The minimum atomic E-state index is -2.50. The van der Waals surface area contributed by atoms with E-state index in [1.165, 1.54) is 23.8 Å². The number of H-pyrrole nitrogens is 1. The van der Waals surface area contributed by atoms with Gasteiger partial charge in [0.25, 0.3) is 11.8 Å². The van der Waals surface area contributed by atoms with Gasteiger partial charge in [-0.15, -0.1) is 0 Å². The van der Waals surface area contributed by atoms with Gasteiger partial charge in [-0.05, 0) is 136 Å². The molecule has 0 saturated carbocycles. The molecule has 1 aromatic heterocycles. The monoisotopic (exact) mass is 1070 g/mol. The Morgan fingerprint density at radius 3 is 2.01 bits per heavy atom. The van der Waals surface area contributed by atoms with E-state index in [1.807, 2.05) is 18.2 Å². The van der Waals surface area contributed by atoms with Gasteiger partial charge in [0.15, 0.2) is 8.32 Å². The summed E-state index contributed by atoms with van der Waals surface area (Å²) in [6.07, 6.45) is 0.893. The van der Waals surface area contributed by atoms with Crippen LogP contribution in [-0.2, 0) is 37.4 Å². The number of phenols is 1. The average molecular weight is 1070 g/mol. The Bertz CT molecular complexity index is 3040. The maximum absolute atomic E-state index is 14.0. The SMILES string of the molecule is CC(C)(C)OC(=O)N(Cc1ccc(C(=O)NCCCNC(=O)c2cccc(C(O)(C(=O)OCC3CCN(Cc4ccccc4)CC3)c3ccccc3)c2)cc1)CC(O[Si](C)(C)C(C)(C)C)c1ccc(O)c2[nH]c(=O)ccc12. The fourth-order valence-electron chi connectivity index (χ4n) is 9.10. The highest BCUT2D eigenvalue weighted by Gasteiger charge is 2.43. The minimum absolute atomic E-state index is 0.0748. The van der Waals surface area contributed by atoms with Gasteiger partial charge in [0.1, 0.15) is 11.4 Å². The first kappa shape index (κ1) is 57.6. The largest absolute Gasteiger partial charge is 0.506 e. The van der Waals surface area contributed by atoms with Crippen LogP contribution in [0.15, 0.2) is 138 Å². The molecular formula is C61H75N5O10Si. The number of piperidine rings is 1. The third-order valence-electron chi connectivity index (χ3n) is 14.5. The second-order valence-corrected chi connectivity index (χ2v) is 27.3. The van der Waals surface area contributed by atoms with E-state index in [4.69, 9.17) is 13.9 Å². The minimum Gasteiger partial charge on any atom is -0.506 e. The number of amides is 3. The lowest BCUT2D eigenvalue weighted by Gasteiger charge is -2.41. The molecule has 15 nitrogen and oxygen atoms in total. The van der Waals surface area contributed by atoms with Crippen LogP contribution in [0.1, 0.15) is 115 Å². The first-order valence-corrected chi connectivity index (χ1v) is 29.4. The number of hydrogen-bond donors (Lipinski definition) is 5. The third kappa shape index (κ3) is 15.1. The number of carbonyl (C=O) groups is 4. The van der Waals surface area contributed by atoms with E-state index >= 15 is 0 Å². The van der Waals surface area contributed by atoms with Crippen LogP contribution in [0.5, 0.6) is 5.75 Å². The molecule has 0 bridgehead atoms. The molecule has 6 aromatic rings. The zero-order valence-corrected chi connectivity index (χ0v) is 46.7. The second-order valence-electron chi connectivity index (χ2n) is 22.5. The molecule has 1 aliphatic heterocycles. The molecule has 5 N–H and O–H groups in total. The van der Waals surface area contributed by atoms with Crippen molar-refractivity contribution in [2.45, 2.75) is 109 Å². The summed E-state index contributed by atoms with van der Waals surface area (Å²) in [6.45, 7) is 19.5. The number of nitrogens with one attached hydrogen (secondary N) is 3. The van der Waals surface area contributed by atoms with Gasteiger partial charge in [0.05, 0.1) is 24.8 Å². The highest BCUT2D eigenvalue weighted by molar-refractivity contribution is 6.74. The Labute approximate surface area is 453 Å². The number of phenolic OH excluding ortho intramolecular Hbond substituents is 1. The summed E-state index contributed by atoms with van der Waals surface area (Å²) in [7, 11) is -2.50. The van der Waals surface area contributed by atoms with Crippen LogP contribution in [-0.4, -0.2) is 102 Å². The van der Waals surface area contributed by atoms with Gasteiger partial charge in [-0.3, -0.25) is 19.3 Å². The topological polar surface area (TPSA) is 200 Å². The van der Waals surface area contributed by atoms with Crippen molar-refractivity contribution in [3.63, 3.8) is 0 Å². The van der Waals surface area contributed by atoms with Crippen LogP contribution in [0.2, 0.25) is 18.1 Å². The summed E-state index contributed by atoms with van der Waals surface area (Å²) in [6, 6.07) is 38.5. The van der Waals surface area contributed by atoms with Gasteiger partial charge < -0.3 is 44.6 Å². The highest BCUT2D eigenvalue weighted by Crippen LogP contribution is 2.42. The normalized spacial score (nSPS) is 14.8. The quantitative estimate of drug-likeness (QED) is 0.0277. The number of pyridine rings is 1. The van der Waals surface area contributed by atoms with Gasteiger partial charge >= 0.3 is 12.1 Å². The van der Waals surface area contributed by atoms with E-state index in [1.54, 1.807) is 111 Å². The van der Waals surface area contributed by atoms with Gasteiger partial charge in [-0.2, -0.15) is 0 Å². The van der Waals surface area contributed by atoms with Crippen LogP contribution in [0.25, 0.3) is 10.9 Å². The number of aromatic amines is 1. The summed E-state index contributed by atoms with van der Waals surface area (Å²) < 4.78 is 18.8. The smallest absolute Gasteiger partial charge is 0.410 e. The fourth-order valence-corrected chi connectivity index (χ4v) is 10.4. The molecule has 1 fully saturated rings. The summed E-state index contributed by atoms with van der Waals surface area (Å²) in [5, 5.41) is 29.2. The second kappa shape index (κ2) is 24.9. The predicted molar refractivity (Wildman–Crippen MR) is 301 cm³/mol. The van der Waals surface area contributed by atoms with Gasteiger partial charge in [-0.1, -0.05) is 112 Å². The molecule has 3 amide bonds. The Kier molecular flexibility index (Phi) is 18.6. The van der Waals surface area contributed by atoms with Crippen molar-refractivity contribution >= 4 is 43.1 Å². The molecule has 0 aliphatic carbocycles. The summed E-state index contributed by atoms with van der Waals surface area (Å²) in [5.41, 5.74) is 0.796. The lowest BCUT2D eigenvalue weighted by molar-refractivity contribution is -0.164. The van der Waals surface area contributed by atoms with Crippen molar-refractivity contribution in [1.29, 1.82) is 0 Å².